The van der Waals surface area contributed by atoms with Crippen molar-refractivity contribution in [3.8, 4) is 0 Å². The second-order valence-electron chi connectivity index (χ2n) is 13.4. The summed E-state index contributed by atoms with van der Waals surface area (Å²) in [6.45, 7) is 4.11. The molecule has 0 spiro atoms. The predicted molar refractivity (Wildman–Crippen MR) is 196 cm³/mol. The summed E-state index contributed by atoms with van der Waals surface area (Å²) in [4.78, 5) is 24.2. The van der Waals surface area contributed by atoms with E-state index in [4.69, 9.17) is 9.47 Å². The molecule has 0 amide bonds. The van der Waals surface area contributed by atoms with Crippen molar-refractivity contribution in [3.05, 3.63) is 24.3 Å². The average Bonchev–Trinajstić information content (AvgIpc) is 3.06. The van der Waals surface area contributed by atoms with Gasteiger partial charge in [0.2, 0.25) is 0 Å². The Morgan fingerprint density at radius 2 is 0.804 bits per heavy atom. The summed E-state index contributed by atoms with van der Waals surface area (Å²) >= 11 is 0. The van der Waals surface area contributed by atoms with E-state index in [1.54, 1.807) is 0 Å². The van der Waals surface area contributed by atoms with E-state index in [-0.39, 0.29) is 25.2 Å². The third kappa shape index (κ3) is 35.2. The summed E-state index contributed by atoms with van der Waals surface area (Å²) in [7, 11) is 0. The predicted octanol–water partition coefficient (Wildman–Crippen LogP) is 12.3. The first-order valence-corrected chi connectivity index (χ1v) is 19.9. The Morgan fingerprint density at radius 3 is 1.20 bits per heavy atom. The molecule has 5 nitrogen and oxygen atoms in total. The van der Waals surface area contributed by atoms with E-state index >= 15 is 0 Å². The maximum Gasteiger partial charge on any atom is 0.306 e. The molecule has 0 heterocycles. The number of ether oxygens (including phenoxy) is 2. The smallest absolute Gasteiger partial charge is 0.306 e. The van der Waals surface area contributed by atoms with Gasteiger partial charge >= 0.3 is 11.9 Å². The van der Waals surface area contributed by atoms with Crippen LogP contribution < -0.4 is 0 Å². The number of esters is 2. The van der Waals surface area contributed by atoms with E-state index in [2.05, 4.69) is 38.2 Å². The van der Waals surface area contributed by atoms with Gasteiger partial charge in [-0.05, 0) is 64.2 Å². The molecular formula is C41H76O5. The largest absolute Gasteiger partial charge is 0.462 e. The highest BCUT2D eigenvalue weighted by Gasteiger charge is 2.16. The van der Waals surface area contributed by atoms with Crippen molar-refractivity contribution >= 4 is 11.9 Å². The van der Waals surface area contributed by atoms with Crippen molar-refractivity contribution in [1.29, 1.82) is 0 Å². The van der Waals surface area contributed by atoms with Gasteiger partial charge in [0, 0.05) is 12.8 Å². The molecule has 0 unspecified atom stereocenters. The van der Waals surface area contributed by atoms with Crippen LogP contribution in [-0.2, 0) is 19.1 Å². The molecule has 0 aliphatic heterocycles. The molecular weight excluding hydrogens is 572 g/mol. The lowest BCUT2D eigenvalue weighted by molar-refractivity contribution is -0.161. The van der Waals surface area contributed by atoms with Crippen LogP contribution in [0.3, 0.4) is 0 Å². The van der Waals surface area contributed by atoms with Crippen LogP contribution in [0.5, 0.6) is 0 Å². The lowest BCUT2D eigenvalue weighted by Crippen LogP contribution is -2.28. The standard InChI is InChI=1S/C41H76O5/c1-3-5-7-9-11-13-15-17-18-19-20-21-22-24-25-27-29-31-33-35-40(43)45-38-39(37-42)46-41(44)36-34-32-30-28-26-23-16-14-12-10-8-6-4-2/h14,16-18,39,42H,3-13,15,19-38H2,1-2H3/b16-14-,18-17-/t39-/m0/s1. The quantitative estimate of drug-likeness (QED) is 0.0416. The molecule has 0 aromatic carbocycles. The molecule has 0 saturated heterocycles. The number of unbranched alkanes of at least 4 members (excludes halogenated alkanes) is 24. The highest BCUT2D eigenvalue weighted by Crippen LogP contribution is 2.14. The van der Waals surface area contributed by atoms with Gasteiger partial charge in [-0.3, -0.25) is 9.59 Å². The minimum absolute atomic E-state index is 0.0673. The second kappa shape index (κ2) is 37.8. The summed E-state index contributed by atoms with van der Waals surface area (Å²) in [5, 5.41) is 9.54. The normalized spacial score (nSPS) is 12.3. The zero-order valence-electron chi connectivity index (χ0n) is 30.6. The molecule has 0 fully saturated rings. The van der Waals surface area contributed by atoms with E-state index < -0.39 is 6.10 Å². The highest BCUT2D eigenvalue weighted by molar-refractivity contribution is 5.70. The van der Waals surface area contributed by atoms with Gasteiger partial charge in [-0.1, -0.05) is 154 Å². The van der Waals surface area contributed by atoms with Gasteiger partial charge in [-0.2, -0.15) is 0 Å². The Hall–Kier alpha value is -1.62. The van der Waals surface area contributed by atoms with E-state index in [1.807, 2.05) is 0 Å². The number of hydrogen-bond donors (Lipinski definition) is 1. The fourth-order valence-electron chi connectivity index (χ4n) is 5.66. The van der Waals surface area contributed by atoms with Crippen LogP contribution in [0.15, 0.2) is 24.3 Å². The number of hydrogen-bond acceptors (Lipinski definition) is 5. The minimum atomic E-state index is -0.772. The average molecular weight is 649 g/mol. The van der Waals surface area contributed by atoms with Crippen molar-refractivity contribution in [2.24, 2.45) is 0 Å². The molecule has 0 bridgehead atoms. The molecule has 0 radical (unpaired) electrons. The van der Waals surface area contributed by atoms with Crippen LogP contribution >= 0.6 is 0 Å². The number of allylic oxidation sites excluding steroid dienone is 4. The number of carbonyl (C=O) groups is 2. The fourth-order valence-corrected chi connectivity index (χ4v) is 5.66. The van der Waals surface area contributed by atoms with E-state index in [9.17, 15) is 14.7 Å². The Morgan fingerprint density at radius 1 is 0.478 bits per heavy atom. The highest BCUT2D eigenvalue weighted by atomic mass is 16.6. The number of rotatable bonds is 36. The van der Waals surface area contributed by atoms with Gasteiger partial charge in [0.05, 0.1) is 6.61 Å². The molecule has 46 heavy (non-hydrogen) atoms. The summed E-state index contributed by atoms with van der Waals surface area (Å²) in [6.07, 6.45) is 43.8. The first-order chi connectivity index (χ1) is 22.6. The van der Waals surface area contributed by atoms with E-state index in [1.165, 1.54) is 135 Å². The fraction of sp³-hybridized carbons (Fsp3) is 0.854. The summed E-state index contributed by atoms with van der Waals surface area (Å²) in [5.74, 6) is -0.599. The zero-order valence-corrected chi connectivity index (χ0v) is 30.6. The van der Waals surface area contributed by atoms with Crippen LogP contribution in [0.1, 0.15) is 206 Å². The first kappa shape index (κ1) is 44.4. The van der Waals surface area contributed by atoms with Crippen LogP contribution in [0.2, 0.25) is 0 Å². The van der Waals surface area contributed by atoms with Gasteiger partial charge < -0.3 is 14.6 Å². The Kier molecular flexibility index (Phi) is 36.5. The van der Waals surface area contributed by atoms with E-state index in [0.29, 0.717) is 12.8 Å². The van der Waals surface area contributed by atoms with Gasteiger partial charge in [-0.15, -0.1) is 0 Å². The van der Waals surface area contributed by atoms with Crippen LogP contribution in [-0.4, -0.2) is 36.4 Å². The number of carbonyl (C=O) groups excluding carboxylic acids is 2. The molecule has 0 aliphatic carbocycles. The third-order valence-corrected chi connectivity index (χ3v) is 8.72. The number of aliphatic hydroxyl groups is 1. The lowest BCUT2D eigenvalue weighted by atomic mass is 10.1. The number of aliphatic hydroxyl groups excluding tert-OH is 1. The zero-order chi connectivity index (χ0) is 33.6. The van der Waals surface area contributed by atoms with Crippen LogP contribution in [0.4, 0.5) is 0 Å². The molecule has 0 aromatic rings. The van der Waals surface area contributed by atoms with Crippen molar-refractivity contribution < 1.29 is 24.2 Å². The lowest BCUT2D eigenvalue weighted by Gasteiger charge is -2.15. The van der Waals surface area contributed by atoms with Gasteiger partial charge in [-0.25, -0.2) is 0 Å². The SMILES string of the molecule is CCCCCC/C=C\CCCCCCCC(=O)O[C@@H](CO)COC(=O)CCCCCCCCCCC/C=C\CCCCCCCC. The van der Waals surface area contributed by atoms with Crippen molar-refractivity contribution in [2.75, 3.05) is 13.2 Å². The maximum absolute atomic E-state index is 12.1. The second-order valence-corrected chi connectivity index (χ2v) is 13.4. The van der Waals surface area contributed by atoms with Gasteiger partial charge in [0.1, 0.15) is 6.61 Å². The summed E-state index contributed by atoms with van der Waals surface area (Å²) in [5.41, 5.74) is 0. The molecule has 1 atom stereocenters. The van der Waals surface area contributed by atoms with Crippen molar-refractivity contribution in [1.82, 2.24) is 0 Å². The summed E-state index contributed by atoms with van der Waals surface area (Å²) < 4.78 is 10.6. The maximum atomic E-state index is 12.1. The topological polar surface area (TPSA) is 72.8 Å². The van der Waals surface area contributed by atoms with Gasteiger partial charge in [0.15, 0.2) is 6.10 Å². The van der Waals surface area contributed by atoms with E-state index in [0.717, 1.165) is 44.9 Å². The molecule has 0 rings (SSSR count). The first-order valence-electron chi connectivity index (χ1n) is 19.9. The minimum Gasteiger partial charge on any atom is -0.462 e. The van der Waals surface area contributed by atoms with Crippen molar-refractivity contribution in [3.63, 3.8) is 0 Å². The molecule has 0 aromatic heterocycles. The van der Waals surface area contributed by atoms with Crippen LogP contribution in [0, 0.1) is 0 Å². The monoisotopic (exact) mass is 649 g/mol. The van der Waals surface area contributed by atoms with Crippen LogP contribution in [0.25, 0.3) is 0 Å². The molecule has 270 valence electrons. The molecule has 0 aliphatic rings. The molecule has 5 heteroatoms. The Labute approximate surface area is 285 Å². The summed E-state index contributed by atoms with van der Waals surface area (Å²) in [6, 6.07) is 0. The molecule has 0 saturated carbocycles. The third-order valence-electron chi connectivity index (χ3n) is 8.72. The Bertz CT molecular complexity index is 701. The molecule has 1 N–H and O–H groups in total. The Balaban J connectivity index is 3.53. The van der Waals surface area contributed by atoms with Gasteiger partial charge in [0.25, 0.3) is 0 Å². The van der Waals surface area contributed by atoms with Crippen molar-refractivity contribution in [2.45, 2.75) is 213 Å².